The molecule has 1 amide bonds. The maximum Gasteiger partial charge on any atom is 0.252 e. The number of hydrogen-bond acceptors (Lipinski definition) is 5. The van der Waals surface area contributed by atoms with Crippen molar-refractivity contribution >= 4 is 15.9 Å². The minimum Gasteiger partial charge on any atom is -0.486 e. The first-order valence-corrected chi connectivity index (χ1v) is 12.4. The Bertz CT molecular complexity index is 1080. The quantitative estimate of drug-likeness (QED) is 0.645. The zero-order chi connectivity index (χ0) is 23.5. The molecule has 0 saturated heterocycles. The summed E-state index contributed by atoms with van der Waals surface area (Å²) in [5.41, 5.74) is 1.97. The second-order valence-corrected chi connectivity index (χ2v) is 10.1. The number of sulfonamides is 1. The topological polar surface area (TPSA) is 84.9 Å². The third-order valence-electron chi connectivity index (χ3n) is 5.68. The number of nitrogens with one attached hydrogen (secondary N) is 1. The molecule has 0 fully saturated rings. The molecule has 8 heteroatoms. The third kappa shape index (κ3) is 4.91. The summed E-state index contributed by atoms with van der Waals surface area (Å²) in [6, 6.07) is 10.1. The van der Waals surface area contributed by atoms with E-state index in [-0.39, 0.29) is 22.8 Å². The van der Waals surface area contributed by atoms with Gasteiger partial charge in [0, 0.05) is 18.7 Å². The minimum atomic E-state index is -3.66. The second-order valence-electron chi connectivity index (χ2n) is 8.16. The average molecular weight is 461 g/mol. The molecule has 1 N–H and O–H groups in total. The van der Waals surface area contributed by atoms with Crippen LogP contribution in [0.25, 0.3) is 0 Å². The van der Waals surface area contributed by atoms with E-state index in [4.69, 9.17) is 9.47 Å². The lowest BCUT2D eigenvalue weighted by molar-refractivity contribution is 0.0924. The predicted octanol–water partition coefficient (Wildman–Crippen LogP) is 3.92. The van der Waals surface area contributed by atoms with Crippen molar-refractivity contribution in [3.63, 3.8) is 0 Å². The number of amides is 1. The smallest absolute Gasteiger partial charge is 0.252 e. The normalized spacial score (nSPS) is 14.5. The Hall–Kier alpha value is -2.58. The molecule has 2 aromatic carbocycles. The summed E-state index contributed by atoms with van der Waals surface area (Å²) in [4.78, 5) is 13.4. The van der Waals surface area contributed by atoms with Gasteiger partial charge in [0.25, 0.3) is 5.91 Å². The molecule has 7 nitrogen and oxygen atoms in total. The molecule has 1 unspecified atom stereocenters. The fourth-order valence-electron chi connectivity index (χ4n) is 3.83. The molecule has 0 bridgehead atoms. The lowest BCUT2D eigenvalue weighted by atomic mass is 9.95. The molecule has 1 aliphatic heterocycles. The third-order valence-corrected chi connectivity index (χ3v) is 7.72. The van der Waals surface area contributed by atoms with Crippen molar-refractivity contribution in [2.24, 2.45) is 5.92 Å². The fraction of sp³-hybridized carbons (Fsp3) is 0.458. The summed E-state index contributed by atoms with van der Waals surface area (Å²) in [5.74, 6) is 1.15. The summed E-state index contributed by atoms with van der Waals surface area (Å²) in [6.07, 6.45) is 0. The van der Waals surface area contributed by atoms with Gasteiger partial charge in [-0.15, -0.1) is 0 Å². The Morgan fingerprint density at radius 2 is 1.69 bits per heavy atom. The number of ether oxygens (including phenoxy) is 2. The van der Waals surface area contributed by atoms with Gasteiger partial charge in [-0.05, 0) is 48.2 Å². The van der Waals surface area contributed by atoms with E-state index in [1.807, 2.05) is 32.0 Å². The fourth-order valence-corrected chi connectivity index (χ4v) is 5.31. The molecule has 0 aliphatic carbocycles. The molecule has 1 aliphatic rings. The summed E-state index contributed by atoms with van der Waals surface area (Å²) in [7, 11) is -3.66. The van der Waals surface area contributed by atoms with Crippen LogP contribution < -0.4 is 14.8 Å². The van der Waals surface area contributed by atoms with Crippen molar-refractivity contribution in [3.05, 3.63) is 53.1 Å². The van der Waals surface area contributed by atoms with Gasteiger partial charge in [0.2, 0.25) is 10.0 Å². The molecule has 0 saturated carbocycles. The van der Waals surface area contributed by atoms with E-state index in [9.17, 15) is 13.2 Å². The van der Waals surface area contributed by atoms with Gasteiger partial charge in [-0.1, -0.05) is 39.8 Å². The van der Waals surface area contributed by atoms with Crippen molar-refractivity contribution < 1.29 is 22.7 Å². The van der Waals surface area contributed by atoms with Crippen molar-refractivity contribution in [2.45, 2.75) is 45.6 Å². The van der Waals surface area contributed by atoms with Gasteiger partial charge in [0.1, 0.15) is 13.2 Å². The monoisotopic (exact) mass is 460 g/mol. The van der Waals surface area contributed by atoms with Gasteiger partial charge in [-0.25, -0.2) is 8.42 Å². The van der Waals surface area contributed by atoms with Crippen LogP contribution in [0.2, 0.25) is 0 Å². The summed E-state index contributed by atoms with van der Waals surface area (Å²) < 4.78 is 38.5. The molecule has 0 spiro atoms. The van der Waals surface area contributed by atoms with Gasteiger partial charge in [0.15, 0.2) is 11.5 Å². The highest BCUT2D eigenvalue weighted by atomic mass is 32.2. The first-order valence-electron chi connectivity index (χ1n) is 11.0. The summed E-state index contributed by atoms with van der Waals surface area (Å²) in [6.45, 7) is 11.2. The van der Waals surface area contributed by atoms with E-state index >= 15 is 0 Å². The highest BCUT2D eigenvalue weighted by molar-refractivity contribution is 7.89. The average Bonchev–Trinajstić information content (AvgIpc) is 2.77. The van der Waals surface area contributed by atoms with Crippen molar-refractivity contribution in [1.82, 2.24) is 9.62 Å². The molecule has 1 atom stereocenters. The molecule has 3 rings (SSSR count). The first kappa shape index (κ1) is 24.1. The van der Waals surface area contributed by atoms with E-state index < -0.39 is 10.0 Å². The second kappa shape index (κ2) is 9.92. The number of carbonyl (C=O) groups excluding carboxylic acids is 1. The van der Waals surface area contributed by atoms with E-state index in [0.29, 0.717) is 48.9 Å². The zero-order valence-electron chi connectivity index (χ0n) is 19.3. The SMILES string of the molecule is CCN(CC)S(=O)(=O)c1ccc(C)c(C(=O)NC(c2ccc3c(c2)OCCO3)C(C)C)c1. The van der Waals surface area contributed by atoms with Gasteiger partial charge in [-0.2, -0.15) is 4.31 Å². The van der Waals surface area contributed by atoms with E-state index in [2.05, 4.69) is 5.32 Å². The molecule has 174 valence electrons. The highest BCUT2D eigenvalue weighted by Crippen LogP contribution is 2.34. The number of rotatable bonds is 8. The van der Waals surface area contributed by atoms with Crippen LogP contribution in [0.5, 0.6) is 11.5 Å². The number of benzene rings is 2. The van der Waals surface area contributed by atoms with Crippen LogP contribution >= 0.6 is 0 Å². The van der Waals surface area contributed by atoms with Gasteiger partial charge in [0.05, 0.1) is 10.9 Å². The molecule has 0 radical (unpaired) electrons. The molecule has 1 heterocycles. The molecular formula is C24H32N2O5S. The van der Waals surface area contributed by atoms with Crippen LogP contribution in [0.1, 0.15) is 55.2 Å². The molecule has 2 aromatic rings. The Kier molecular flexibility index (Phi) is 7.46. The number of aryl methyl sites for hydroxylation is 1. The van der Waals surface area contributed by atoms with E-state index in [0.717, 1.165) is 5.56 Å². The van der Waals surface area contributed by atoms with Crippen LogP contribution in [0.4, 0.5) is 0 Å². The maximum atomic E-state index is 13.3. The van der Waals surface area contributed by atoms with Crippen molar-refractivity contribution in [2.75, 3.05) is 26.3 Å². The van der Waals surface area contributed by atoms with Gasteiger partial charge >= 0.3 is 0 Å². The van der Waals surface area contributed by atoms with Gasteiger partial charge < -0.3 is 14.8 Å². The number of nitrogens with zero attached hydrogens (tertiary/aromatic N) is 1. The largest absolute Gasteiger partial charge is 0.486 e. The van der Waals surface area contributed by atoms with Crippen LogP contribution in [0.15, 0.2) is 41.3 Å². The zero-order valence-corrected chi connectivity index (χ0v) is 20.2. The number of hydrogen-bond donors (Lipinski definition) is 1. The standard InChI is InChI=1S/C24H32N2O5S/c1-6-26(7-2)32(28,29)19-10-8-17(5)20(15-19)24(27)25-23(16(3)4)18-9-11-21-22(14-18)31-13-12-30-21/h8-11,14-16,23H,6-7,12-13H2,1-5H3,(H,25,27). The summed E-state index contributed by atoms with van der Waals surface area (Å²) in [5, 5.41) is 3.09. The van der Waals surface area contributed by atoms with Crippen LogP contribution in [0.3, 0.4) is 0 Å². The molecule has 0 aromatic heterocycles. The van der Waals surface area contributed by atoms with Crippen LogP contribution in [-0.2, 0) is 10.0 Å². The lowest BCUT2D eigenvalue weighted by Gasteiger charge is -2.26. The van der Waals surface area contributed by atoms with Crippen molar-refractivity contribution in [3.8, 4) is 11.5 Å². The molecular weight excluding hydrogens is 428 g/mol. The van der Waals surface area contributed by atoms with E-state index in [1.165, 1.54) is 10.4 Å². The van der Waals surface area contributed by atoms with Crippen LogP contribution in [-0.4, -0.2) is 44.9 Å². The van der Waals surface area contributed by atoms with Crippen LogP contribution in [0, 0.1) is 12.8 Å². The van der Waals surface area contributed by atoms with Crippen molar-refractivity contribution in [1.29, 1.82) is 0 Å². The van der Waals surface area contributed by atoms with Gasteiger partial charge in [-0.3, -0.25) is 4.79 Å². The Balaban J connectivity index is 1.91. The Morgan fingerprint density at radius 3 is 2.31 bits per heavy atom. The summed E-state index contributed by atoms with van der Waals surface area (Å²) >= 11 is 0. The van der Waals surface area contributed by atoms with E-state index in [1.54, 1.807) is 32.9 Å². The maximum absolute atomic E-state index is 13.3. The predicted molar refractivity (Wildman–Crippen MR) is 124 cm³/mol. The minimum absolute atomic E-state index is 0.101. The highest BCUT2D eigenvalue weighted by Gasteiger charge is 2.26. The lowest BCUT2D eigenvalue weighted by Crippen LogP contribution is -2.33. The Labute approximate surface area is 190 Å². The first-order chi connectivity index (χ1) is 15.2. The molecule has 32 heavy (non-hydrogen) atoms. The number of carbonyl (C=O) groups is 1. The number of fused-ring (bicyclic) bond motifs is 1. The Morgan fingerprint density at radius 1 is 1.03 bits per heavy atom.